The molecular weight excluding hydrogens is 234 g/mol. The Morgan fingerprint density at radius 3 is 2.78 bits per heavy atom. The van der Waals surface area contributed by atoms with E-state index in [-0.39, 0.29) is 5.69 Å². The molecule has 0 spiro atoms. The summed E-state index contributed by atoms with van der Waals surface area (Å²) < 4.78 is 5.53. The highest BCUT2D eigenvalue weighted by molar-refractivity contribution is 5.85. The van der Waals surface area contributed by atoms with Crippen LogP contribution in [-0.4, -0.2) is 22.3 Å². The summed E-state index contributed by atoms with van der Waals surface area (Å²) in [5.74, 6) is 0.271. The normalized spacial score (nSPS) is 10.2. The smallest absolute Gasteiger partial charge is 0.354 e. The molecule has 2 aromatic heterocycles. The molecule has 1 N–H and O–H groups in total. The van der Waals surface area contributed by atoms with E-state index in [9.17, 15) is 9.59 Å². The summed E-state index contributed by atoms with van der Waals surface area (Å²) in [5.41, 5.74) is 0.698. The number of aromatic nitrogens is 1. The standard InChI is InChI=1S/C13H11NO4/c15-7-1-2-10-4-6-12(18-10)9-3-5-11(13(16)17)14-8-9/h3-8H,1-2H2,(H,16,17). The van der Waals surface area contributed by atoms with Crippen molar-refractivity contribution in [2.75, 3.05) is 0 Å². The zero-order valence-corrected chi connectivity index (χ0v) is 9.50. The highest BCUT2D eigenvalue weighted by Crippen LogP contribution is 2.22. The summed E-state index contributed by atoms with van der Waals surface area (Å²) in [5, 5.41) is 8.73. The van der Waals surface area contributed by atoms with Gasteiger partial charge in [-0.2, -0.15) is 0 Å². The lowest BCUT2D eigenvalue weighted by molar-refractivity contribution is -0.107. The molecule has 2 aromatic rings. The first-order valence-electron chi connectivity index (χ1n) is 5.43. The van der Waals surface area contributed by atoms with Gasteiger partial charge in [-0.25, -0.2) is 9.78 Å². The molecule has 18 heavy (non-hydrogen) atoms. The zero-order valence-electron chi connectivity index (χ0n) is 9.50. The minimum absolute atomic E-state index is 0.00788. The Bertz CT molecular complexity index is 557. The summed E-state index contributed by atoms with van der Waals surface area (Å²) in [7, 11) is 0. The number of pyridine rings is 1. The Hall–Kier alpha value is -2.43. The number of aldehydes is 1. The molecule has 0 amide bonds. The molecule has 0 fully saturated rings. The van der Waals surface area contributed by atoms with E-state index >= 15 is 0 Å². The van der Waals surface area contributed by atoms with Gasteiger partial charge in [0.2, 0.25) is 0 Å². The fourth-order valence-electron chi connectivity index (χ4n) is 1.53. The number of furan rings is 1. The molecule has 5 nitrogen and oxygen atoms in total. The van der Waals surface area contributed by atoms with Crippen molar-refractivity contribution in [1.82, 2.24) is 4.98 Å². The second kappa shape index (κ2) is 5.27. The average molecular weight is 245 g/mol. The minimum Gasteiger partial charge on any atom is -0.477 e. The van der Waals surface area contributed by atoms with E-state index in [1.54, 1.807) is 18.2 Å². The molecule has 0 aliphatic heterocycles. The van der Waals surface area contributed by atoms with Gasteiger partial charge >= 0.3 is 5.97 Å². The Kier molecular flexibility index (Phi) is 3.52. The molecule has 0 radical (unpaired) electrons. The first-order valence-corrected chi connectivity index (χ1v) is 5.43. The van der Waals surface area contributed by atoms with Crippen LogP contribution in [0.5, 0.6) is 0 Å². The van der Waals surface area contributed by atoms with Gasteiger partial charge in [-0.1, -0.05) is 0 Å². The van der Waals surface area contributed by atoms with Crippen molar-refractivity contribution in [2.45, 2.75) is 12.8 Å². The predicted molar refractivity (Wildman–Crippen MR) is 63.3 cm³/mol. The minimum atomic E-state index is -1.06. The average Bonchev–Trinajstić information content (AvgIpc) is 2.85. The molecule has 2 heterocycles. The molecule has 5 heteroatoms. The summed E-state index contributed by atoms with van der Waals surface area (Å²) >= 11 is 0. The third-order valence-electron chi connectivity index (χ3n) is 2.44. The van der Waals surface area contributed by atoms with Crippen molar-refractivity contribution in [3.8, 4) is 11.3 Å². The fraction of sp³-hybridized carbons (Fsp3) is 0.154. The number of carbonyl (C=O) groups is 2. The predicted octanol–water partition coefficient (Wildman–Crippen LogP) is 2.17. The molecule has 0 bridgehead atoms. The Morgan fingerprint density at radius 1 is 1.33 bits per heavy atom. The molecule has 0 aromatic carbocycles. The van der Waals surface area contributed by atoms with Crippen LogP contribution >= 0.6 is 0 Å². The van der Waals surface area contributed by atoms with Crippen molar-refractivity contribution in [2.24, 2.45) is 0 Å². The third kappa shape index (κ3) is 2.63. The number of rotatable bonds is 5. The monoisotopic (exact) mass is 245 g/mol. The van der Waals surface area contributed by atoms with Gasteiger partial charge in [-0.05, 0) is 24.3 Å². The maximum Gasteiger partial charge on any atom is 0.354 e. The quantitative estimate of drug-likeness (QED) is 0.816. The van der Waals surface area contributed by atoms with Crippen LogP contribution in [0.3, 0.4) is 0 Å². The van der Waals surface area contributed by atoms with Crippen LogP contribution in [0.1, 0.15) is 22.7 Å². The van der Waals surface area contributed by atoms with E-state index in [2.05, 4.69) is 4.98 Å². The van der Waals surface area contributed by atoms with Gasteiger partial charge in [0.05, 0.1) is 0 Å². The van der Waals surface area contributed by atoms with Gasteiger partial charge in [0.15, 0.2) is 0 Å². The second-order valence-electron chi connectivity index (χ2n) is 3.71. The van der Waals surface area contributed by atoms with Gasteiger partial charge in [0.25, 0.3) is 0 Å². The van der Waals surface area contributed by atoms with Crippen LogP contribution < -0.4 is 0 Å². The van der Waals surface area contributed by atoms with E-state index in [4.69, 9.17) is 9.52 Å². The molecule has 0 aliphatic carbocycles. The molecule has 0 aliphatic rings. The molecule has 0 atom stereocenters. The van der Waals surface area contributed by atoms with Gasteiger partial charge in [-0.15, -0.1) is 0 Å². The maximum atomic E-state index is 10.7. The van der Waals surface area contributed by atoms with E-state index in [1.807, 2.05) is 0 Å². The molecule has 92 valence electrons. The van der Waals surface area contributed by atoms with Crippen LogP contribution in [0.25, 0.3) is 11.3 Å². The molecular formula is C13H11NO4. The number of aromatic carboxylic acids is 1. The van der Waals surface area contributed by atoms with Crippen molar-refractivity contribution < 1.29 is 19.1 Å². The zero-order chi connectivity index (χ0) is 13.0. The number of carboxylic acids is 1. The second-order valence-corrected chi connectivity index (χ2v) is 3.71. The molecule has 0 saturated heterocycles. The SMILES string of the molecule is O=CCCc1ccc(-c2ccc(C(=O)O)nc2)o1. The first kappa shape index (κ1) is 12.0. The lowest BCUT2D eigenvalue weighted by atomic mass is 10.2. The van der Waals surface area contributed by atoms with E-state index < -0.39 is 5.97 Å². The highest BCUT2D eigenvalue weighted by Gasteiger charge is 2.08. The molecule has 0 saturated carbocycles. The first-order chi connectivity index (χ1) is 8.70. The maximum absolute atomic E-state index is 10.7. The van der Waals surface area contributed by atoms with Crippen LogP contribution in [0.2, 0.25) is 0 Å². The highest BCUT2D eigenvalue weighted by atomic mass is 16.4. The lowest BCUT2D eigenvalue weighted by Gasteiger charge is -1.97. The Labute approximate surface area is 103 Å². The Morgan fingerprint density at radius 2 is 2.17 bits per heavy atom. The van der Waals surface area contributed by atoms with E-state index in [0.29, 0.717) is 24.2 Å². The van der Waals surface area contributed by atoms with E-state index in [0.717, 1.165) is 12.0 Å². The topological polar surface area (TPSA) is 80.4 Å². The van der Waals surface area contributed by atoms with Crippen molar-refractivity contribution in [3.63, 3.8) is 0 Å². The Balaban J connectivity index is 2.18. The van der Waals surface area contributed by atoms with Crippen molar-refractivity contribution in [3.05, 3.63) is 41.9 Å². The number of nitrogens with zero attached hydrogens (tertiary/aromatic N) is 1. The number of carboxylic acid groups (broad SMARTS) is 1. The number of hydrogen-bond acceptors (Lipinski definition) is 4. The van der Waals surface area contributed by atoms with Gasteiger partial charge in [-0.3, -0.25) is 0 Å². The van der Waals surface area contributed by atoms with Gasteiger partial charge in [0, 0.05) is 24.6 Å². The summed E-state index contributed by atoms with van der Waals surface area (Å²) in [6.45, 7) is 0. The number of carbonyl (C=O) groups excluding carboxylic acids is 1. The van der Waals surface area contributed by atoms with Gasteiger partial charge < -0.3 is 14.3 Å². The van der Waals surface area contributed by atoms with Crippen LogP contribution in [0.15, 0.2) is 34.9 Å². The summed E-state index contributed by atoms with van der Waals surface area (Å²) in [6.07, 6.45) is 3.27. The number of aryl methyl sites for hydroxylation is 1. The molecule has 2 rings (SSSR count). The van der Waals surface area contributed by atoms with Crippen LogP contribution in [-0.2, 0) is 11.2 Å². The van der Waals surface area contributed by atoms with Crippen molar-refractivity contribution in [1.29, 1.82) is 0 Å². The third-order valence-corrected chi connectivity index (χ3v) is 2.44. The van der Waals surface area contributed by atoms with Crippen molar-refractivity contribution >= 4 is 12.3 Å². The van der Waals surface area contributed by atoms with Gasteiger partial charge in [0.1, 0.15) is 23.5 Å². The fourth-order valence-corrected chi connectivity index (χ4v) is 1.53. The van der Waals surface area contributed by atoms with Crippen LogP contribution in [0.4, 0.5) is 0 Å². The summed E-state index contributed by atoms with van der Waals surface area (Å²) in [4.78, 5) is 24.7. The number of hydrogen-bond donors (Lipinski definition) is 1. The molecule has 0 unspecified atom stereocenters. The lowest BCUT2D eigenvalue weighted by Crippen LogP contribution is -1.98. The summed E-state index contributed by atoms with van der Waals surface area (Å²) in [6, 6.07) is 6.63. The van der Waals surface area contributed by atoms with Crippen LogP contribution in [0, 0.1) is 0 Å². The van der Waals surface area contributed by atoms with E-state index in [1.165, 1.54) is 12.3 Å². The largest absolute Gasteiger partial charge is 0.477 e.